The fraction of sp³-hybridized carbons (Fsp3) is 0.0714. The van der Waals surface area contributed by atoms with E-state index in [0.717, 1.165) is 0 Å². The summed E-state index contributed by atoms with van der Waals surface area (Å²) in [5, 5.41) is 9.49. The Kier molecular flexibility index (Phi) is 4.34. The van der Waals surface area contributed by atoms with E-state index in [0.29, 0.717) is 16.1 Å². The van der Waals surface area contributed by atoms with Gasteiger partial charge in [-0.25, -0.2) is 8.42 Å². The Morgan fingerprint density at radius 3 is 2.25 bits per heavy atom. The summed E-state index contributed by atoms with van der Waals surface area (Å²) < 4.78 is 24.5. The van der Waals surface area contributed by atoms with E-state index in [1.165, 1.54) is 30.3 Å². The first kappa shape index (κ1) is 14.9. The van der Waals surface area contributed by atoms with Crippen molar-refractivity contribution < 1.29 is 8.42 Å². The molecule has 0 unspecified atom stereocenters. The van der Waals surface area contributed by atoms with Crippen LogP contribution in [0.3, 0.4) is 0 Å². The molecule has 0 atom stereocenters. The third-order valence-corrected chi connectivity index (χ3v) is 4.99. The van der Waals surface area contributed by atoms with Crippen LogP contribution in [-0.4, -0.2) is 8.42 Å². The van der Waals surface area contributed by atoms with Crippen molar-refractivity contribution in [3.63, 3.8) is 0 Å². The number of benzene rings is 2. The maximum absolute atomic E-state index is 12.3. The molecule has 0 aliphatic rings. The van der Waals surface area contributed by atoms with Crippen LogP contribution in [0.1, 0.15) is 11.1 Å². The molecule has 0 spiro atoms. The van der Waals surface area contributed by atoms with Gasteiger partial charge in [-0.3, -0.25) is 0 Å². The minimum Gasteiger partial charge on any atom is -0.223 e. The van der Waals surface area contributed by atoms with Gasteiger partial charge in [-0.05, 0) is 42.0 Å². The Hall–Kier alpha value is -1.54. The van der Waals surface area contributed by atoms with Crippen LogP contribution in [0.5, 0.6) is 0 Å². The molecule has 102 valence electrons. The summed E-state index contributed by atoms with van der Waals surface area (Å²) in [5.41, 5.74) is 0.850. The summed E-state index contributed by atoms with van der Waals surface area (Å²) >= 11 is 11.7. The van der Waals surface area contributed by atoms with Crippen molar-refractivity contribution in [2.45, 2.75) is 10.6 Å². The molecule has 20 heavy (non-hydrogen) atoms. The zero-order valence-corrected chi connectivity index (χ0v) is 12.5. The normalized spacial score (nSPS) is 11.1. The predicted molar refractivity (Wildman–Crippen MR) is 78.5 cm³/mol. The topological polar surface area (TPSA) is 57.9 Å². The average molecular weight is 326 g/mol. The first-order valence-corrected chi connectivity index (χ1v) is 8.00. The van der Waals surface area contributed by atoms with Gasteiger partial charge in [0.05, 0.1) is 22.3 Å². The number of hydrogen-bond donors (Lipinski definition) is 0. The fourth-order valence-electron chi connectivity index (χ4n) is 1.66. The van der Waals surface area contributed by atoms with Gasteiger partial charge >= 0.3 is 0 Å². The van der Waals surface area contributed by atoms with Crippen LogP contribution in [0.2, 0.25) is 10.0 Å². The number of nitriles is 1. The summed E-state index contributed by atoms with van der Waals surface area (Å²) in [4.78, 5) is 0.183. The first-order valence-electron chi connectivity index (χ1n) is 5.59. The lowest BCUT2D eigenvalue weighted by Gasteiger charge is -2.07. The molecule has 0 N–H and O–H groups in total. The molecule has 0 aliphatic heterocycles. The highest BCUT2D eigenvalue weighted by atomic mass is 35.5. The van der Waals surface area contributed by atoms with Gasteiger partial charge in [-0.2, -0.15) is 5.26 Å². The van der Waals surface area contributed by atoms with Crippen molar-refractivity contribution in [3.8, 4) is 6.07 Å². The average Bonchev–Trinajstić information content (AvgIpc) is 2.41. The van der Waals surface area contributed by atoms with E-state index in [4.69, 9.17) is 28.5 Å². The molecule has 0 saturated carbocycles. The number of rotatable bonds is 3. The molecule has 0 bridgehead atoms. The fourth-order valence-corrected chi connectivity index (χ4v) is 3.50. The zero-order valence-electron chi connectivity index (χ0n) is 10.2. The molecule has 2 rings (SSSR count). The summed E-state index contributed by atoms with van der Waals surface area (Å²) in [5.74, 6) is -0.223. The molecular formula is C14H9Cl2NO2S. The van der Waals surface area contributed by atoms with Crippen LogP contribution in [0.15, 0.2) is 47.4 Å². The highest BCUT2D eigenvalue weighted by Crippen LogP contribution is 2.24. The van der Waals surface area contributed by atoms with Crippen LogP contribution in [-0.2, 0) is 15.6 Å². The minimum atomic E-state index is -3.50. The number of sulfone groups is 1. The standard InChI is InChI=1S/C14H9Cl2NO2S/c15-12-3-5-13(6-4-12)20(18,19)9-11-2-1-10(8-17)7-14(11)16/h1-7H,9H2. The van der Waals surface area contributed by atoms with E-state index in [1.807, 2.05) is 6.07 Å². The van der Waals surface area contributed by atoms with Crippen molar-refractivity contribution in [2.24, 2.45) is 0 Å². The molecule has 0 radical (unpaired) electrons. The van der Waals surface area contributed by atoms with Crippen molar-refractivity contribution in [2.75, 3.05) is 0 Å². The van der Waals surface area contributed by atoms with Crippen LogP contribution in [0.4, 0.5) is 0 Å². The van der Waals surface area contributed by atoms with Crippen LogP contribution >= 0.6 is 23.2 Å². The third-order valence-electron chi connectivity index (χ3n) is 2.70. The summed E-state index contributed by atoms with van der Waals surface area (Å²) in [6, 6.07) is 12.4. The number of halogens is 2. The van der Waals surface area contributed by atoms with Gasteiger partial charge in [0, 0.05) is 10.0 Å². The molecule has 0 aromatic heterocycles. The molecule has 0 saturated heterocycles. The van der Waals surface area contributed by atoms with Gasteiger partial charge in [0.2, 0.25) is 0 Å². The van der Waals surface area contributed by atoms with Crippen LogP contribution in [0.25, 0.3) is 0 Å². The van der Waals surface area contributed by atoms with E-state index in [-0.39, 0.29) is 15.7 Å². The van der Waals surface area contributed by atoms with E-state index in [1.54, 1.807) is 12.1 Å². The van der Waals surface area contributed by atoms with Crippen molar-refractivity contribution >= 4 is 33.0 Å². The maximum atomic E-state index is 12.3. The summed E-state index contributed by atoms with van der Waals surface area (Å²) in [6.45, 7) is 0. The summed E-state index contributed by atoms with van der Waals surface area (Å²) in [6.07, 6.45) is 0. The van der Waals surface area contributed by atoms with Crippen LogP contribution in [0, 0.1) is 11.3 Å². The molecule has 3 nitrogen and oxygen atoms in total. The van der Waals surface area contributed by atoms with Gasteiger partial charge in [-0.1, -0.05) is 29.3 Å². The molecule has 0 fully saturated rings. The predicted octanol–water partition coefficient (Wildman–Crippen LogP) is 3.84. The molecular weight excluding hydrogens is 317 g/mol. The zero-order chi connectivity index (χ0) is 14.8. The Labute approximate surface area is 127 Å². The van der Waals surface area contributed by atoms with Crippen LogP contribution < -0.4 is 0 Å². The maximum Gasteiger partial charge on any atom is 0.182 e. The smallest absolute Gasteiger partial charge is 0.182 e. The molecule has 0 amide bonds. The Balaban J connectivity index is 2.34. The first-order chi connectivity index (χ1) is 9.42. The third kappa shape index (κ3) is 3.31. The van der Waals surface area contributed by atoms with Gasteiger partial charge in [-0.15, -0.1) is 0 Å². The second-order valence-corrected chi connectivity index (χ2v) is 6.96. The second kappa shape index (κ2) is 5.84. The van der Waals surface area contributed by atoms with Gasteiger partial charge < -0.3 is 0 Å². The Morgan fingerprint density at radius 1 is 1.05 bits per heavy atom. The second-order valence-electron chi connectivity index (χ2n) is 4.13. The van der Waals surface area contributed by atoms with E-state index >= 15 is 0 Å². The Bertz CT molecular complexity index is 778. The van der Waals surface area contributed by atoms with Gasteiger partial charge in [0.25, 0.3) is 0 Å². The Morgan fingerprint density at radius 2 is 1.70 bits per heavy atom. The van der Waals surface area contributed by atoms with E-state index < -0.39 is 9.84 Å². The largest absolute Gasteiger partial charge is 0.223 e. The van der Waals surface area contributed by atoms with Crippen molar-refractivity contribution in [3.05, 3.63) is 63.6 Å². The summed E-state index contributed by atoms with van der Waals surface area (Å²) in [7, 11) is -3.50. The molecule has 0 heterocycles. The highest BCUT2D eigenvalue weighted by molar-refractivity contribution is 7.90. The van der Waals surface area contributed by atoms with Gasteiger partial charge in [0.15, 0.2) is 9.84 Å². The minimum absolute atomic E-state index is 0.183. The van der Waals surface area contributed by atoms with E-state index in [2.05, 4.69) is 0 Å². The molecule has 2 aromatic carbocycles. The molecule has 0 aliphatic carbocycles. The lowest BCUT2D eigenvalue weighted by Crippen LogP contribution is -2.05. The lowest BCUT2D eigenvalue weighted by molar-refractivity contribution is 0.595. The van der Waals surface area contributed by atoms with Crippen molar-refractivity contribution in [1.82, 2.24) is 0 Å². The lowest BCUT2D eigenvalue weighted by atomic mass is 10.2. The highest BCUT2D eigenvalue weighted by Gasteiger charge is 2.17. The van der Waals surface area contributed by atoms with Gasteiger partial charge in [0.1, 0.15) is 0 Å². The molecule has 2 aromatic rings. The molecule has 6 heteroatoms. The quantitative estimate of drug-likeness (QED) is 0.861. The van der Waals surface area contributed by atoms with Crippen molar-refractivity contribution in [1.29, 1.82) is 5.26 Å². The number of hydrogen-bond acceptors (Lipinski definition) is 3. The van der Waals surface area contributed by atoms with E-state index in [9.17, 15) is 8.42 Å². The monoisotopic (exact) mass is 325 g/mol. The SMILES string of the molecule is N#Cc1ccc(CS(=O)(=O)c2ccc(Cl)cc2)c(Cl)c1. The number of nitrogens with zero attached hydrogens (tertiary/aromatic N) is 1.